The third-order valence-corrected chi connectivity index (χ3v) is 3.46. The quantitative estimate of drug-likeness (QED) is 0.356. The molecule has 6 nitrogen and oxygen atoms in total. The summed E-state index contributed by atoms with van der Waals surface area (Å²) in [7, 11) is 3.25. The highest BCUT2D eigenvalue weighted by Crippen LogP contribution is 2.15. The molecule has 0 radical (unpaired) electrons. The lowest BCUT2D eigenvalue weighted by atomic mass is 10.1. The van der Waals surface area contributed by atoms with Crippen LogP contribution in [0, 0.1) is 0 Å². The summed E-state index contributed by atoms with van der Waals surface area (Å²) in [6, 6.07) is 15.0. The molecule has 0 atom stereocenters. The molecular formula is C18H23IN4O2. The number of carbonyl (C=O) groups is 1. The average Bonchev–Trinajstić information content (AvgIpc) is 2.61. The second-order valence-electron chi connectivity index (χ2n) is 5.19. The molecule has 2 aromatic rings. The summed E-state index contributed by atoms with van der Waals surface area (Å²) < 4.78 is 5.17. The van der Waals surface area contributed by atoms with Gasteiger partial charge in [-0.3, -0.25) is 4.79 Å². The van der Waals surface area contributed by atoms with Gasteiger partial charge in [0.05, 0.1) is 13.2 Å². The summed E-state index contributed by atoms with van der Waals surface area (Å²) in [5, 5.41) is 5.68. The molecule has 25 heavy (non-hydrogen) atoms. The number of nitrogens with two attached hydrogens (primary N) is 1. The van der Waals surface area contributed by atoms with Crippen molar-refractivity contribution in [3.05, 3.63) is 65.2 Å². The summed E-state index contributed by atoms with van der Waals surface area (Å²) >= 11 is 0. The topological polar surface area (TPSA) is 88.7 Å². The van der Waals surface area contributed by atoms with E-state index in [1.165, 1.54) is 0 Å². The zero-order valence-corrected chi connectivity index (χ0v) is 16.6. The van der Waals surface area contributed by atoms with Gasteiger partial charge in [-0.25, -0.2) is 4.99 Å². The Hall–Kier alpha value is -2.13. The standard InChI is InChI=1S/C18H22N4O2.HI/c1-20-17(23)14-9-7-13(8-10-14)11-21-18(19)22-16-6-4-3-5-15(16)12-24-2;/h3-10H,11-12H2,1-2H3,(H,20,23)(H3,19,21,22);1H. The summed E-state index contributed by atoms with van der Waals surface area (Å²) in [6.45, 7) is 0.927. The number of rotatable bonds is 6. The number of nitrogens with one attached hydrogen (secondary N) is 2. The molecule has 0 saturated heterocycles. The minimum atomic E-state index is -0.110. The van der Waals surface area contributed by atoms with Crippen LogP contribution >= 0.6 is 24.0 Å². The third kappa shape index (κ3) is 6.35. The molecule has 0 bridgehead atoms. The van der Waals surface area contributed by atoms with E-state index < -0.39 is 0 Å². The lowest BCUT2D eigenvalue weighted by Gasteiger charge is -2.11. The Kier molecular flexibility index (Phi) is 8.93. The van der Waals surface area contributed by atoms with Gasteiger partial charge in [0.25, 0.3) is 5.91 Å². The van der Waals surface area contributed by atoms with Crippen LogP contribution in [0.3, 0.4) is 0 Å². The molecule has 0 spiro atoms. The minimum Gasteiger partial charge on any atom is -0.380 e. The number of benzene rings is 2. The van der Waals surface area contributed by atoms with Crippen LogP contribution in [0.5, 0.6) is 0 Å². The summed E-state index contributed by atoms with van der Waals surface area (Å²) in [5.74, 6) is 0.218. The number of hydrogen-bond acceptors (Lipinski definition) is 3. The van der Waals surface area contributed by atoms with E-state index in [2.05, 4.69) is 15.6 Å². The zero-order chi connectivity index (χ0) is 17.4. The van der Waals surface area contributed by atoms with Crippen LogP contribution in [0.25, 0.3) is 0 Å². The van der Waals surface area contributed by atoms with Crippen molar-refractivity contribution in [3.63, 3.8) is 0 Å². The largest absolute Gasteiger partial charge is 0.380 e. The highest BCUT2D eigenvalue weighted by molar-refractivity contribution is 14.0. The van der Waals surface area contributed by atoms with Crippen molar-refractivity contribution in [1.82, 2.24) is 5.32 Å². The zero-order valence-electron chi connectivity index (χ0n) is 14.3. The van der Waals surface area contributed by atoms with Crippen LogP contribution in [0.15, 0.2) is 53.5 Å². The minimum absolute atomic E-state index is 0. The Labute approximate surface area is 164 Å². The van der Waals surface area contributed by atoms with E-state index in [1.807, 2.05) is 36.4 Å². The van der Waals surface area contributed by atoms with Gasteiger partial charge in [0.15, 0.2) is 5.96 Å². The van der Waals surface area contributed by atoms with E-state index >= 15 is 0 Å². The number of anilines is 1. The van der Waals surface area contributed by atoms with E-state index in [0.29, 0.717) is 24.7 Å². The predicted octanol–water partition coefficient (Wildman–Crippen LogP) is 2.74. The number of guanidine groups is 1. The number of amides is 1. The van der Waals surface area contributed by atoms with Crippen LogP contribution < -0.4 is 16.4 Å². The molecule has 0 fully saturated rings. The van der Waals surface area contributed by atoms with Gasteiger partial charge < -0.3 is 21.1 Å². The Bertz CT molecular complexity index is 717. The SMILES string of the molecule is CNC(=O)c1ccc(CN=C(N)Nc2ccccc2COC)cc1.I. The number of aliphatic imine (C=N–C) groups is 1. The van der Waals surface area contributed by atoms with Gasteiger partial charge >= 0.3 is 0 Å². The number of carbonyl (C=O) groups excluding carboxylic acids is 1. The normalized spacial score (nSPS) is 10.7. The van der Waals surface area contributed by atoms with Gasteiger partial charge in [0, 0.05) is 31.0 Å². The van der Waals surface area contributed by atoms with Crippen molar-refractivity contribution in [3.8, 4) is 0 Å². The van der Waals surface area contributed by atoms with Gasteiger partial charge in [-0.1, -0.05) is 30.3 Å². The van der Waals surface area contributed by atoms with Gasteiger partial charge in [-0.15, -0.1) is 24.0 Å². The number of para-hydroxylation sites is 1. The third-order valence-electron chi connectivity index (χ3n) is 3.46. The predicted molar refractivity (Wildman–Crippen MR) is 111 cm³/mol. The molecular weight excluding hydrogens is 431 g/mol. The second-order valence-corrected chi connectivity index (χ2v) is 5.19. The lowest BCUT2D eigenvalue weighted by molar-refractivity contribution is 0.0963. The van der Waals surface area contributed by atoms with E-state index in [-0.39, 0.29) is 29.9 Å². The Morgan fingerprint density at radius 3 is 2.48 bits per heavy atom. The van der Waals surface area contributed by atoms with E-state index in [4.69, 9.17) is 10.5 Å². The first-order chi connectivity index (χ1) is 11.6. The van der Waals surface area contributed by atoms with Crippen LogP contribution in [-0.2, 0) is 17.9 Å². The molecule has 0 aliphatic rings. The fraction of sp³-hybridized carbons (Fsp3) is 0.222. The molecule has 4 N–H and O–H groups in total. The number of methoxy groups -OCH3 is 1. The van der Waals surface area contributed by atoms with E-state index in [0.717, 1.165) is 16.8 Å². The fourth-order valence-corrected chi connectivity index (χ4v) is 2.18. The van der Waals surface area contributed by atoms with Crippen molar-refractivity contribution < 1.29 is 9.53 Å². The maximum atomic E-state index is 11.5. The molecule has 0 saturated carbocycles. The molecule has 7 heteroatoms. The number of nitrogens with zero attached hydrogens (tertiary/aromatic N) is 1. The number of ether oxygens (including phenoxy) is 1. The maximum absolute atomic E-state index is 11.5. The Balaban J connectivity index is 0.00000312. The van der Waals surface area contributed by atoms with Crippen molar-refractivity contribution in [1.29, 1.82) is 0 Å². The van der Waals surface area contributed by atoms with Gasteiger partial charge in [0.2, 0.25) is 0 Å². The first-order valence-corrected chi connectivity index (χ1v) is 7.59. The van der Waals surface area contributed by atoms with Gasteiger partial charge in [0.1, 0.15) is 0 Å². The van der Waals surface area contributed by atoms with Crippen molar-refractivity contribution >= 4 is 41.5 Å². The summed E-state index contributed by atoms with van der Waals surface area (Å²) in [5.41, 5.74) is 9.42. The Morgan fingerprint density at radius 2 is 1.84 bits per heavy atom. The van der Waals surface area contributed by atoms with Crippen molar-refractivity contribution in [2.24, 2.45) is 10.7 Å². The first-order valence-electron chi connectivity index (χ1n) is 7.59. The van der Waals surface area contributed by atoms with E-state index in [1.54, 1.807) is 26.3 Å². The fourth-order valence-electron chi connectivity index (χ4n) is 2.18. The smallest absolute Gasteiger partial charge is 0.251 e. The monoisotopic (exact) mass is 454 g/mol. The molecule has 2 rings (SSSR count). The molecule has 1 amide bonds. The number of halogens is 1. The molecule has 134 valence electrons. The average molecular weight is 454 g/mol. The lowest BCUT2D eigenvalue weighted by Crippen LogP contribution is -2.23. The molecule has 0 aliphatic heterocycles. The van der Waals surface area contributed by atoms with Crippen LogP contribution in [0.2, 0.25) is 0 Å². The Morgan fingerprint density at radius 1 is 1.16 bits per heavy atom. The van der Waals surface area contributed by atoms with Gasteiger partial charge in [-0.2, -0.15) is 0 Å². The molecule has 2 aromatic carbocycles. The van der Waals surface area contributed by atoms with Gasteiger partial charge in [-0.05, 0) is 23.8 Å². The van der Waals surface area contributed by atoms with Crippen molar-refractivity contribution in [2.45, 2.75) is 13.2 Å². The van der Waals surface area contributed by atoms with Crippen molar-refractivity contribution in [2.75, 3.05) is 19.5 Å². The highest BCUT2D eigenvalue weighted by Gasteiger charge is 2.04. The molecule has 0 aromatic heterocycles. The summed E-state index contributed by atoms with van der Waals surface area (Å²) in [6.07, 6.45) is 0. The van der Waals surface area contributed by atoms with E-state index in [9.17, 15) is 4.79 Å². The van der Waals surface area contributed by atoms with Crippen LogP contribution in [0.1, 0.15) is 21.5 Å². The second kappa shape index (κ2) is 10.7. The highest BCUT2D eigenvalue weighted by atomic mass is 127. The molecule has 0 unspecified atom stereocenters. The summed E-state index contributed by atoms with van der Waals surface area (Å²) in [4.78, 5) is 15.8. The first kappa shape index (κ1) is 20.9. The van der Waals surface area contributed by atoms with Crippen LogP contribution in [-0.4, -0.2) is 26.0 Å². The maximum Gasteiger partial charge on any atom is 0.251 e. The number of hydrogen-bond donors (Lipinski definition) is 3. The van der Waals surface area contributed by atoms with Crippen LogP contribution in [0.4, 0.5) is 5.69 Å². The molecule has 0 aliphatic carbocycles. The molecule has 0 heterocycles.